The molecule has 2 aromatic carbocycles. The van der Waals surface area contributed by atoms with E-state index < -0.39 is 0 Å². The lowest BCUT2D eigenvalue weighted by Crippen LogP contribution is -1.97. The third kappa shape index (κ3) is 4.25. The number of carbonyl (C=O) groups is 1. The third-order valence-electron chi connectivity index (χ3n) is 3.55. The predicted octanol–water partition coefficient (Wildman–Crippen LogP) is 4.27. The molecule has 0 aromatic heterocycles. The highest BCUT2D eigenvalue weighted by atomic mass is 35.5. The van der Waals surface area contributed by atoms with Crippen molar-refractivity contribution in [2.24, 2.45) is 0 Å². The quantitative estimate of drug-likeness (QED) is 0.544. The Morgan fingerprint density at radius 2 is 1.56 bits per heavy atom. The van der Waals surface area contributed by atoms with Crippen LogP contribution in [0.25, 0.3) is 6.08 Å². The summed E-state index contributed by atoms with van der Waals surface area (Å²) >= 11 is 6.16. The molecular weight excluding hydrogens is 344 g/mol. The Morgan fingerprint density at radius 3 is 2.16 bits per heavy atom. The van der Waals surface area contributed by atoms with Crippen LogP contribution >= 0.6 is 11.6 Å². The minimum Gasteiger partial charge on any atom is -0.493 e. The van der Waals surface area contributed by atoms with Crippen LogP contribution in [0.3, 0.4) is 0 Å². The zero-order chi connectivity index (χ0) is 18.4. The van der Waals surface area contributed by atoms with Gasteiger partial charge in [0.25, 0.3) is 0 Å². The minimum absolute atomic E-state index is 0.174. The Hall–Kier alpha value is -2.66. The molecule has 0 spiro atoms. The maximum absolute atomic E-state index is 12.4. The second-order valence-electron chi connectivity index (χ2n) is 5.01. The molecule has 25 heavy (non-hydrogen) atoms. The number of hydrogen-bond acceptors (Lipinski definition) is 5. The lowest BCUT2D eigenvalue weighted by Gasteiger charge is -2.10. The molecule has 0 amide bonds. The minimum atomic E-state index is -0.174. The van der Waals surface area contributed by atoms with Gasteiger partial charge in [0.15, 0.2) is 28.8 Å². The van der Waals surface area contributed by atoms with E-state index >= 15 is 0 Å². The van der Waals surface area contributed by atoms with Crippen LogP contribution in [0.15, 0.2) is 36.4 Å². The predicted molar refractivity (Wildman–Crippen MR) is 97.5 cm³/mol. The summed E-state index contributed by atoms with van der Waals surface area (Å²) < 4.78 is 20.8. The highest BCUT2D eigenvalue weighted by Gasteiger charge is 2.11. The van der Waals surface area contributed by atoms with Crippen molar-refractivity contribution in [3.05, 3.63) is 52.6 Å². The van der Waals surface area contributed by atoms with Gasteiger partial charge in [0.1, 0.15) is 0 Å². The lowest BCUT2D eigenvalue weighted by molar-refractivity contribution is 0.104. The SMILES string of the molecule is COc1ccc(C(=O)/C=C/c2cc(Cl)c(OC)c(OC)c2)cc1OC. The number of ketones is 1. The fourth-order valence-electron chi connectivity index (χ4n) is 2.29. The van der Waals surface area contributed by atoms with Gasteiger partial charge >= 0.3 is 0 Å². The van der Waals surface area contributed by atoms with Crippen LogP contribution in [0.4, 0.5) is 0 Å². The number of hydrogen-bond donors (Lipinski definition) is 0. The van der Waals surface area contributed by atoms with Crippen LogP contribution in [-0.2, 0) is 0 Å². The van der Waals surface area contributed by atoms with Crippen molar-refractivity contribution in [2.75, 3.05) is 28.4 Å². The van der Waals surface area contributed by atoms with E-state index in [0.717, 1.165) is 5.56 Å². The van der Waals surface area contributed by atoms with Crippen molar-refractivity contribution in [1.29, 1.82) is 0 Å². The van der Waals surface area contributed by atoms with E-state index in [9.17, 15) is 4.79 Å². The molecule has 0 radical (unpaired) electrons. The van der Waals surface area contributed by atoms with Gasteiger partial charge in [-0.3, -0.25) is 4.79 Å². The third-order valence-corrected chi connectivity index (χ3v) is 3.83. The first-order valence-electron chi connectivity index (χ1n) is 7.40. The molecule has 2 aromatic rings. The Labute approximate surface area is 151 Å². The number of allylic oxidation sites excluding steroid dienone is 1. The molecule has 0 fully saturated rings. The van der Waals surface area contributed by atoms with Crippen LogP contribution in [-0.4, -0.2) is 34.2 Å². The summed E-state index contributed by atoms with van der Waals surface area (Å²) in [5.74, 6) is 1.83. The molecule has 5 nitrogen and oxygen atoms in total. The maximum atomic E-state index is 12.4. The van der Waals surface area contributed by atoms with E-state index in [-0.39, 0.29) is 5.78 Å². The molecule has 0 unspecified atom stereocenters. The zero-order valence-electron chi connectivity index (χ0n) is 14.5. The summed E-state index contributed by atoms with van der Waals surface area (Å²) in [5, 5.41) is 0.403. The number of methoxy groups -OCH3 is 4. The first kappa shape index (κ1) is 18.7. The van der Waals surface area contributed by atoms with Crippen molar-refractivity contribution in [2.45, 2.75) is 0 Å². The Balaban J connectivity index is 2.27. The van der Waals surface area contributed by atoms with E-state index in [1.54, 1.807) is 43.5 Å². The summed E-state index contributed by atoms with van der Waals surface area (Å²) in [7, 11) is 6.10. The maximum Gasteiger partial charge on any atom is 0.185 e. The van der Waals surface area contributed by atoms with Crippen LogP contribution in [0.1, 0.15) is 15.9 Å². The molecule has 0 bridgehead atoms. The second-order valence-corrected chi connectivity index (χ2v) is 5.41. The summed E-state index contributed by atoms with van der Waals surface area (Å²) in [4.78, 5) is 12.4. The van der Waals surface area contributed by atoms with Gasteiger partial charge < -0.3 is 18.9 Å². The Morgan fingerprint density at radius 1 is 0.880 bits per heavy atom. The first-order valence-corrected chi connectivity index (χ1v) is 7.77. The summed E-state index contributed by atoms with van der Waals surface area (Å²) in [6.07, 6.45) is 3.12. The molecule has 0 heterocycles. The molecule has 6 heteroatoms. The van der Waals surface area contributed by atoms with Gasteiger partial charge in [0, 0.05) is 5.56 Å². The van der Waals surface area contributed by atoms with Gasteiger partial charge in [0.05, 0.1) is 33.5 Å². The fraction of sp³-hybridized carbons (Fsp3) is 0.211. The number of halogens is 1. The van der Waals surface area contributed by atoms with Crippen molar-refractivity contribution in [3.63, 3.8) is 0 Å². The highest BCUT2D eigenvalue weighted by Crippen LogP contribution is 2.36. The normalized spacial score (nSPS) is 10.6. The monoisotopic (exact) mass is 362 g/mol. The van der Waals surface area contributed by atoms with Crippen molar-refractivity contribution < 1.29 is 23.7 Å². The van der Waals surface area contributed by atoms with Gasteiger partial charge in [-0.15, -0.1) is 0 Å². The molecule has 2 rings (SSSR count). The fourth-order valence-corrected chi connectivity index (χ4v) is 2.59. The molecule has 0 aliphatic rings. The topological polar surface area (TPSA) is 54.0 Å². The van der Waals surface area contributed by atoms with Gasteiger partial charge in [-0.2, -0.15) is 0 Å². The van der Waals surface area contributed by atoms with Gasteiger partial charge in [-0.1, -0.05) is 17.7 Å². The first-order chi connectivity index (χ1) is 12.0. The van der Waals surface area contributed by atoms with Gasteiger partial charge in [0.2, 0.25) is 0 Å². The van der Waals surface area contributed by atoms with E-state index in [0.29, 0.717) is 33.6 Å². The van der Waals surface area contributed by atoms with Crippen LogP contribution in [0.2, 0.25) is 5.02 Å². The highest BCUT2D eigenvalue weighted by molar-refractivity contribution is 6.32. The van der Waals surface area contributed by atoms with Crippen molar-refractivity contribution >= 4 is 23.5 Å². The number of benzene rings is 2. The Bertz CT molecular complexity index is 799. The molecule has 0 aliphatic heterocycles. The molecule has 0 saturated carbocycles. The molecule has 0 N–H and O–H groups in total. The van der Waals surface area contributed by atoms with Crippen molar-refractivity contribution in [1.82, 2.24) is 0 Å². The smallest absolute Gasteiger partial charge is 0.185 e. The molecule has 0 aliphatic carbocycles. The van der Waals surface area contributed by atoms with E-state index in [1.807, 2.05) is 0 Å². The Kier molecular flexibility index (Phi) is 6.31. The zero-order valence-corrected chi connectivity index (χ0v) is 15.2. The molecule has 132 valence electrons. The molecular formula is C19H19ClO5. The average molecular weight is 363 g/mol. The number of ether oxygens (including phenoxy) is 4. The number of rotatable bonds is 7. The summed E-state index contributed by atoms with van der Waals surface area (Å²) in [6.45, 7) is 0. The van der Waals surface area contributed by atoms with Crippen LogP contribution in [0, 0.1) is 0 Å². The standard InChI is InChI=1S/C19H19ClO5/c1-22-16-8-6-13(11-17(16)23-2)15(21)7-5-12-9-14(20)19(25-4)18(10-12)24-3/h5-11H,1-4H3/b7-5+. The van der Waals surface area contributed by atoms with Crippen molar-refractivity contribution in [3.8, 4) is 23.0 Å². The lowest BCUT2D eigenvalue weighted by atomic mass is 10.1. The van der Waals surface area contributed by atoms with Gasteiger partial charge in [-0.25, -0.2) is 0 Å². The van der Waals surface area contributed by atoms with E-state index in [4.69, 9.17) is 30.5 Å². The molecule has 0 atom stereocenters. The second kappa shape index (κ2) is 8.44. The van der Waals surface area contributed by atoms with E-state index in [2.05, 4.69) is 0 Å². The summed E-state index contributed by atoms with van der Waals surface area (Å²) in [5.41, 5.74) is 1.21. The van der Waals surface area contributed by atoms with Gasteiger partial charge in [-0.05, 0) is 42.0 Å². The summed E-state index contributed by atoms with van der Waals surface area (Å²) in [6, 6.07) is 8.43. The molecule has 0 saturated heterocycles. The average Bonchev–Trinajstić information content (AvgIpc) is 2.64. The van der Waals surface area contributed by atoms with E-state index in [1.165, 1.54) is 27.4 Å². The van der Waals surface area contributed by atoms with Crippen LogP contribution < -0.4 is 18.9 Å². The number of carbonyl (C=O) groups excluding carboxylic acids is 1. The largest absolute Gasteiger partial charge is 0.493 e. The van der Waals surface area contributed by atoms with Crippen LogP contribution in [0.5, 0.6) is 23.0 Å².